The van der Waals surface area contributed by atoms with E-state index in [2.05, 4.69) is 5.32 Å². The number of hydrogen-bond donors (Lipinski definition) is 2. The molecule has 0 aromatic heterocycles. The molecule has 4 bridgehead atoms. The Labute approximate surface area is 149 Å². The van der Waals surface area contributed by atoms with Gasteiger partial charge in [0.05, 0.1) is 26.9 Å². The molecular weight excluding hydrogens is 318 g/mol. The fourth-order valence-electron chi connectivity index (χ4n) is 5.95. The van der Waals surface area contributed by atoms with E-state index in [9.17, 15) is 5.11 Å². The third-order valence-corrected chi connectivity index (χ3v) is 6.42. The van der Waals surface area contributed by atoms with Gasteiger partial charge in [-0.25, -0.2) is 0 Å². The fourth-order valence-corrected chi connectivity index (χ4v) is 5.95. The molecule has 0 saturated heterocycles. The highest BCUT2D eigenvalue weighted by Gasteiger charge is 2.56. The fraction of sp³-hybridized carbons (Fsp3) is 0.700. The summed E-state index contributed by atoms with van der Waals surface area (Å²) in [5.74, 6) is 3.35. The molecule has 1 aromatic carbocycles. The molecular formula is C20H29NO4. The van der Waals surface area contributed by atoms with Crippen LogP contribution in [0.5, 0.6) is 17.2 Å². The molecule has 2 N–H and O–H groups in total. The van der Waals surface area contributed by atoms with E-state index in [1.165, 1.54) is 19.3 Å². The van der Waals surface area contributed by atoms with E-state index >= 15 is 0 Å². The molecule has 4 saturated carbocycles. The molecule has 2 atom stereocenters. The standard InChI is InChI=1S/C20H29NO4/c1-23-16-5-13(6-17(24-2)18(16)25-3)11-21-19-7-14-4-15(8-19)10-20(22,9-14)12-19/h5-6,14-15,21-22H,4,7-12H2,1-3H3. The number of nitrogens with one attached hydrogen (secondary N) is 1. The molecule has 0 aliphatic heterocycles. The molecule has 4 aliphatic rings. The van der Waals surface area contributed by atoms with Gasteiger partial charge >= 0.3 is 0 Å². The minimum Gasteiger partial charge on any atom is -0.493 e. The molecule has 2 unspecified atom stereocenters. The minimum absolute atomic E-state index is 0.0826. The zero-order chi connectivity index (χ0) is 17.7. The van der Waals surface area contributed by atoms with Gasteiger partial charge in [-0.2, -0.15) is 0 Å². The zero-order valence-corrected chi connectivity index (χ0v) is 15.4. The largest absolute Gasteiger partial charge is 0.493 e. The van der Waals surface area contributed by atoms with E-state index < -0.39 is 5.60 Å². The van der Waals surface area contributed by atoms with Crippen LogP contribution in [0.4, 0.5) is 0 Å². The van der Waals surface area contributed by atoms with Crippen LogP contribution in [0.3, 0.4) is 0 Å². The highest BCUT2D eigenvalue weighted by Crippen LogP contribution is 2.57. The first-order valence-corrected chi connectivity index (χ1v) is 9.24. The summed E-state index contributed by atoms with van der Waals surface area (Å²) >= 11 is 0. The predicted octanol–water partition coefficient (Wildman–Crippen LogP) is 2.89. The maximum Gasteiger partial charge on any atom is 0.203 e. The van der Waals surface area contributed by atoms with Gasteiger partial charge in [-0.15, -0.1) is 0 Å². The summed E-state index contributed by atoms with van der Waals surface area (Å²) in [6.07, 6.45) is 6.56. The molecule has 25 heavy (non-hydrogen) atoms. The molecule has 1 aromatic rings. The van der Waals surface area contributed by atoms with Crippen molar-refractivity contribution in [1.29, 1.82) is 0 Å². The molecule has 4 aliphatic carbocycles. The van der Waals surface area contributed by atoms with E-state index in [0.29, 0.717) is 29.1 Å². The first-order valence-electron chi connectivity index (χ1n) is 9.24. The zero-order valence-electron chi connectivity index (χ0n) is 15.4. The Morgan fingerprint density at radius 1 is 1.00 bits per heavy atom. The van der Waals surface area contributed by atoms with Crippen LogP contribution in [0.1, 0.15) is 44.1 Å². The van der Waals surface area contributed by atoms with Crippen molar-refractivity contribution in [2.75, 3.05) is 21.3 Å². The van der Waals surface area contributed by atoms with E-state index in [4.69, 9.17) is 14.2 Å². The number of methoxy groups -OCH3 is 3. The van der Waals surface area contributed by atoms with Gasteiger partial charge in [0.25, 0.3) is 0 Å². The summed E-state index contributed by atoms with van der Waals surface area (Å²) < 4.78 is 16.3. The van der Waals surface area contributed by atoms with Crippen molar-refractivity contribution in [3.8, 4) is 17.2 Å². The van der Waals surface area contributed by atoms with Crippen LogP contribution in [0.15, 0.2) is 12.1 Å². The van der Waals surface area contributed by atoms with Gasteiger partial charge in [-0.05, 0) is 68.1 Å². The van der Waals surface area contributed by atoms with Gasteiger partial charge in [0.15, 0.2) is 11.5 Å². The predicted molar refractivity (Wildman–Crippen MR) is 95.3 cm³/mol. The van der Waals surface area contributed by atoms with Gasteiger partial charge < -0.3 is 24.6 Å². The Morgan fingerprint density at radius 3 is 2.08 bits per heavy atom. The van der Waals surface area contributed by atoms with Gasteiger partial charge in [-0.1, -0.05) is 0 Å². The Kier molecular flexibility index (Phi) is 4.12. The van der Waals surface area contributed by atoms with Gasteiger partial charge in [0, 0.05) is 12.1 Å². The summed E-state index contributed by atoms with van der Waals surface area (Å²) in [4.78, 5) is 0. The van der Waals surface area contributed by atoms with Crippen molar-refractivity contribution in [2.45, 2.75) is 56.2 Å². The van der Waals surface area contributed by atoms with Gasteiger partial charge in [-0.3, -0.25) is 0 Å². The van der Waals surface area contributed by atoms with Crippen LogP contribution >= 0.6 is 0 Å². The van der Waals surface area contributed by atoms with E-state index in [-0.39, 0.29) is 5.54 Å². The number of aliphatic hydroxyl groups is 1. The topological polar surface area (TPSA) is 60.0 Å². The van der Waals surface area contributed by atoms with Crippen LogP contribution in [-0.4, -0.2) is 37.6 Å². The van der Waals surface area contributed by atoms with E-state index in [1.54, 1.807) is 21.3 Å². The Hall–Kier alpha value is -1.46. The van der Waals surface area contributed by atoms with Crippen molar-refractivity contribution in [1.82, 2.24) is 5.32 Å². The molecule has 4 fully saturated rings. The number of hydrogen-bond acceptors (Lipinski definition) is 5. The molecule has 0 radical (unpaired) electrons. The molecule has 138 valence electrons. The lowest BCUT2D eigenvalue weighted by Gasteiger charge is -2.60. The summed E-state index contributed by atoms with van der Waals surface area (Å²) in [6.45, 7) is 0.742. The SMILES string of the molecule is COc1cc(CNC23CC4CC(CC(O)(C4)C2)C3)cc(OC)c1OC. The van der Waals surface area contributed by atoms with E-state index in [0.717, 1.165) is 31.4 Å². The normalized spacial score (nSPS) is 35.7. The third-order valence-electron chi connectivity index (χ3n) is 6.42. The monoisotopic (exact) mass is 347 g/mol. The second kappa shape index (κ2) is 6.06. The van der Waals surface area contributed by atoms with Crippen LogP contribution < -0.4 is 19.5 Å². The Balaban J connectivity index is 1.54. The van der Waals surface area contributed by atoms with Gasteiger partial charge in [0.1, 0.15) is 0 Å². The second-order valence-electron chi connectivity index (χ2n) is 8.35. The van der Waals surface area contributed by atoms with E-state index in [1.807, 2.05) is 12.1 Å². The summed E-state index contributed by atoms with van der Waals surface area (Å²) in [7, 11) is 4.90. The number of benzene rings is 1. The smallest absolute Gasteiger partial charge is 0.203 e. The summed E-state index contributed by atoms with van der Waals surface area (Å²) in [6, 6.07) is 4.01. The van der Waals surface area contributed by atoms with Crippen molar-refractivity contribution >= 4 is 0 Å². The second-order valence-corrected chi connectivity index (χ2v) is 8.35. The van der Waals surface area contributed by atoms with Gasteiger partial charge in [0.2, 0.25) is 5.75 Å². The molecule has 5 nitrogen and oxygen atoms in total. The van der Waals surface area contributed by atoms with Crippen molar-refractivity contribution in [2.24, 2.45) is 11.8 Å². The minimum atomic E-state index is -0.438. The Morgan fingerprint density at radius 2 is 1.60 bits per heavy atom. The maximum absolute atomic E-state index is 10.9. The summed E-state index contributed by atoms with van der Waals surface area (Å²) in [5, 5.41) is 14.7. The van der Waals surface area contributed by atoms with Crippen LogP contribution in [0, 0.1) is 11.8 Å². The summed E-state index contributed by atoms with van der Waals surface area (Å²) in [5.41, 5.74) is 0.753. The van der Waals surface area contributed by atoms with Crippen LogP contribution in [-0.2, 0) is 6.54 Å². The molecule has 5 heteroatoms. The van der Waals surface area contributed by atoms with Crippen LogP contribution in [0.2, 0.25) is 0 Å². The Bertz CT molecular complexity index is 620. The maximum atomic E-state index is 10.9. The average Bonchev–Trinajstić information content (AvgIpc) is 2.56. The molecule has 0 heterocycles. The highest BCUT2D eigenvalue weighted by atomic mass is 16.5. The first kappa shape index (κ1) is 17.0. The highest BCUT2D eigenvalue weighted by molar-refractivity contribution is 5.53. The molecule has 0 spiro atoms. The van der Waals surface area contributed by atoms with Crippen LogP contribution in [0.25, 0.3) is 0 Å². The molecule has 0 amide bonds. The first-order chi connectivity index (χ1) is 12.0. The van der Waals surface area contributed by atoms with Crippen molar-refractivity contribution in [3.63, 3.8) is 0 Å². The third kappa shape index (κ3) is 2.97. The quantitative estimate of drug-likeness (QED) is 0.829. The lowest BCUT2D eigenvalue weighted by atomic mass is 9.51. The average molecular weight is 347 g/mol. The lowest BCUT2D eigenvalue weighted by Crippen LogP contribution is -2.64. The van der Waals surface area contributed by atoms with Crippen molar-refractivity contribution < 1.29 is 19.3 Å². The van der Waals surface area contributed by atoms with Crippen molar-refractivity contribution in [3.05, 3.63) is 17.7 Å². The molecule has 5 rings (SSSR count). The number of ether oxygens (including phenoxy) is 3. The lowest BCUT2D eigenvalue weighted by molar-refractivity contribution is -0.142. The number of rotatable bonds is 6.